The fourth-order valence-electron chi connectivity index (χ4n) is 0.886. The average Bonchev–Trinajstić information content (AvgIpc) is 1.96. The van der Waals surface area contributed by atoms with Gasteiger partial charge in [0.15, 0.2) is 0 Å². The Labute approximate surface area is 87.2 Å². The second kappa shape index (κ2) is 5.35. The van der Waals surface area contributed by atoms with E-state index in [0.29, 0.717) is 5.92 Å². The molecule has 0 radical (unpaired) electrons. The van der Waals surface area contributed by atoms with E-state index >= 15 is 0 Å². The lowest BCUT2D eigenvalue weighted by molar-refractivity contribution is -0.157. The van der Waals surface area contributed by atoms with Gasteiger partial charge < -0.3 is 10.1 Å². The van der Waals surface area contributed by atoms with E-state index in [1.807, 2.05) is 27.7 Å². The number of carbonyl (C=O) groups is 1. The van der Waals surface area contributed by atoms with Gasteiger partial charge in [0.25, 0.3) is 0 Å². The van der Waals surface area contributed by atoms with Gasteiger partial charge in [0.05, 0.1) is 0 Å². The van der Waals surface area contributed by atoms with Crippen LogP contribution in [0.1, 0.15) is 41.5 Å². The number of esters is 1. The van der Waals surface area contributed by atoms with Crippen LogP contribution in [-0.4, -0.2) is 24.2 Å². The molecule has 0 saturated carbocycles. The average molecular weight is 201 g/mol. The zero-order chi connectivity index (χ0) is 11.4. The van der Waals surface area contributed by atoms with Crippen molar-refractivity contribution in [1.29, 1.82) is 0 Å². The third kappa shape index (κ3) is 6.89. The maximum atomic E-state index is 11.5. The van der Waals surface area contributed by atoms with Crippen molar-refractivity contribution in [2.45, 2.75) is 53.2 Å². The van der Waals surface area contributed by atoms with E-state index < -0.39 is 5.60 Å². The van der Waals surface area contributed by atoms with Crippen LogP contribution >= 0.6 is 0 Å². The third-order valence-corrected chi connectivity index (χ3v) is 1.59. The lowest BCUT2D eigenvalue weighted by Gasteiger charge is -2.23. The summed E-state index contributed by atoms with van der Waals surface area (Å²) in [5, 5.41) is 3.13. The van der Waals surface area contributed by atoms with Crippen LogP contribution < -0.4 is 5.32 Å². The van der Waals surface area contributed by atoms with Crippen molar-refractivity contribution < 1.29 is 9.53 Å². The number of rotatable bonds is 4. The van der Waals surface area contributed by atoms with E-state index in [9.17, 15) is 4.79 Å². The molecule has 0 unspecified atom stereocenters. The molecule has 0 saturated heterocycles. The van der Waals surface area contributed by atoms with Crippen LogP contribution in [0.15, 0.2) is 0 Å². The van der Waals surface area contributed by atoms with E-state index in [1.165, 1.54) is 0 Å². The van der Waals surface area contributed by atoms with Crippen molar-refractivity contribution in [3.63, 3.8) is 0 Å². The lowest BCUT2D eigenvalue weighted by Crippen LogP contribution is -2.40. The number of hydrogen-bond acceptors (Lipinski definition) is 3. The van der Waals surface area contributed by atoms with Gasteiger partial charge in [-0.3, -0.25) is 4.79 Å². The minimum absolute atomic E-state index is 0.182. The molecule has 0 aromatic heterocycles. The minimum Gasteiger partial charge on any atom is -0.459 e. The zero-order valence-corrected chi connectivity index (χ0v) is 10.2. The molecule has 0 aromatic carbocycles. The van der Waals surface area contributed by atoms with Gasteiger partial charge in [-0.05, 0) is 40.2 Å². The van der Waals surface area contributed by atoms with Crippen LogP contribution in [0.25, 0.3) is 0 Å². The molecule has 0 rings (SSSR count). The fourth-order valence-corrected chi connectivity index (χ4v) is 0.886. The first-order valence-electron chi connectivity index (χ1n) is 5.18. The van der Waals surface area contributed by atoms with Gasteiger partial charge in [-0.15, -0.1) is 0 Å². The molecule has 0 aliphatic carbocycles. The van der Waals surface area contributed by atoms with Crippen molar-refractivity contribution in [3.05, 3.63) is 0 Å². The number of hydrogen-bond donors (Lipinski definition) is 1. The van der Waals surface area contributed by atoms with Crippen LogP contribution in [0.5, 0.6) is 0 Å². The second-order valence-electron chi connectivity index (χ2n) is 5.06. The highest BCUT2D eigenvalue weighted by Crippen LogP contribution is 2.08. The fraction of sp³-hybridized carbons (Fsp3) is 0.909. The molecule has 1 N–H and O–H groups in total. The molecule has 0 fully saturated rings. The summed E-state index contributed by atoms with van der Waals surface area (Å²) in [5.41, 5.74) is -0.398. The van der Waals surface area contributed by atoms with E-state index in [0.717, 1.165) is 6.54 Å². The standard InChI is InChI=1S/C11H23NO2/c1-8(2)7-12-9(3)10(13)14-11(4,5)6/h8-9,12H,7H2,1-6H3/t9-/m0/s1. The molecule has 14 heavy (non-hydrogen) atoms. The van der Waals surface area contributed by atoms with Crippen LogP contribution in [0.2, 0.25) is 0 Å². The highest BCUT2D eigenvalue weighted by molar-refractivity contribution is 5.75. The maximum Gasteiger partial charge on any atom is 0.323 e. The smallest absolute Gasteiger partial charge is 0.323 e. The van der Waals surface area contributed by atoms with Gasteiger partial charge in [-0.2, -0.15) is 0 Å². The largest absolute Gasteiger partial charge is 0.459 e. The molecule has 0 amide bonds. The highest BCUT2D eigenvalue weighted by atomic mass is 16.6. The summed E-state index contributed by atoms with van der Waals surface area (Å²) in [6.45, 7) is 12.5. The van der Waals surface area contributed by atoms with Gasteiger partial charge >= 0.3 is 5.97 Å². The Bertz CT molecular complexity index is 182. The van der Waals surface area contributed by atoms with Crippen LogP contribution in [0.4, 0.5) is 0 Å². The van der Waals surface area contributed by atoms with E-state index in [4.69, 9.17) is 4.74 Å². The molecule has 0 bridgehead atoms. The van der Waals surface area contributed by atoms with Crippen LogP contribution in [-0.2, 0) is 9.53 Å². The van der Waals surface area contributed by atoms with Gasteiger partial charge in [-0.1, -0.05) is 13.8 Å². The molecular formula is C11H23NO2. The molecule has 3 nitrogen and oxygen atoms in total. The summed E-state index contributed by atoms with van der Waals surface area (Å²) >= 11 is 0. The van der Waals surface area contributed by atoms with Crippen molar-refractivity contribution in [1.82, 2.24) is 5.32 Å². The molecule has 0 aromatic rings. The number of carbonyl (C=O) groups excluding carboxylic acids is 1. The first-order chi connectivity index (χ1) is 6.22. The minimum atomic E-state index is -0.398. The third-order valence-electron chi connectivity index (χ3n) is 1.59. The number of ether oxygens (including phenoxy) is 1. The molecule has 0 aliphatic rings. The molecule has 0 heterocycles. The van der Waals surface area contributed by atoms with Crippen LogP contribution in [0, 0.1) is 5.92 Å². The Morgan fingerprint density at radius 3 is 2.14 bits per heavy atom. The SMILES string of the molecule is CC(C)CN[C@@H](C)C(=O)OC(C)(C)C. The Morgan fingerprint density at radius 1 is 1.29 bits per heavy atom. The van der Waals surface area contributed by atoms with Gasteiger partial charge in [-0.25, -0.2) is 0 Å². The normalized spacial score (nSPS) is 14.2. The highest BCUT2D eigenvalue weighted by Gasteiger charge is 2.21. The summed E-state index contributed by atoms with van der Waals surface area (Å²) in [7, 11) is 0. The Kier molecular flexibility index (Phi) is 5.13. The second-order valence-corrected chi connectivity index (χ2v) is 5.06. The van der Waals surface area contributed by atoms with Crippen molar-refractivity contribution in [3.8, 4) is 0 Å². The molecule has 0 aliphatic heterocycles. The molecular weight excluding hydrogens is 178 g/mol. The monoisotopic (exact) mass is 201 g/mol. The lowest BCUT2D eigenvalue weighted by atomic mass is 10.2. The first-order valence-corrected chi connectivity index (χ1v) is 5.18. The van der Waals surface area contributed by atoms with E-state index in [1.54, 1.807) is 0 Å². The summed E-state index contributed by atoms with van der Waals surface area (Å²) in [6.07, 6.45) is 0. The van der Waals surface area contributed by atoms with Crippen molar-refractivity contribution in [2.24, 2.45) is 5.92 Å². The summed E-state index contributed by atoms with van der Waals surface area (Å²) in [5.74, 6) is 0.359. The Balaban J connectivity index is 3.88. The zero-order valence-electron chi connectivity index (χ0n) is 10.2. The van der Waals surface area contributed by atoms with E-state index in [2.05, 4.69) is 19.2 Å². The quantitative estimate of drug-likeness (QED) is 0.707. The first kappa shape index (κ1) is 13.4. The number of nitrogens with one attached hydrogen (secondary N) is 1. The van der Waals surface area contributed by atoms with Gasteiger partial charge in [0.1, 0.15) is 11.6 Å². The topological polar surface area (TPSA) is 38.3 Å². The molecule has 84 valence electrons. The Hall–Kier alpha value is -0.570. The molecule has 1 atom stereocenters. The van der Waals surface area contributed by atoms with Crippen molar-refractivity contribution in [2.75, 3.05) is 6.54 Å². The van der Waals surface area contributed by atoms with E-state index in [-0.39, 0.29) is 12.0 Å². The predicted octanol–water partition coefficient (Wildman–Crippen LogP) is 1.96. The summed E-state index contributed by atoms with van der Waals surface area (Å²) in [4.78, 5) is 11.5. The predicted molar refractivity (Wildman–Crippen MR) is 58.1 cm³/mol. The van der Waals surface area contributed by atoms with Crippen LogP contribution in [0.3, 0.4) is 0 Å². The summed E-state index contributed by atoms with van der Waals surface area (Å²) < 4.78 is 5.23. The molecule has 3 heteroatoms. The Morgan fingerprint density at radius 2 is 1.79 bits per heavy atom. The molecule has 0 spiro atoms. The van der Waals surface area contributed by atoms with Gasteiger partial charge in [0.2, 0.25) is 0 Å². The van der Waals surface area contributed by atoms with Gasteiger partial charge in [0, 0.05) is 0 Å². The van der Waals surface area contributed by atoms with Crippen molar-refractivity contribution >= 4 is 5.97 Å². The maximum absolute atomic E-state index is 11.5. The summed E-state index contributed by atoms with van der Waals surface area (Å²) in [6, 6.07) is -0.225.